The molecule has 4 nitrogen and oxygen atoms in total. The minimum absolute atomic E-state index is 0.260. The number of aromatic nitrogens is 2. The number of Topliss-reactive ketones (excluding diaryl/α,β-unsaturated/α-hetero) is 1. The molecular weight excluding hydrogens is 330 g/mol. The number of nitrogens with zero attached hydrogens (tertiary/aromatic N) is 2. The lowest BCUT2D eigenvalue weighted by Gasteiger charge is -2.05. The zero-order valence-corrected chi connectivity index (χ0v) is 12.5. The van der Waals surface area contributed by atoms with Crippen molar-refractivity contribution < 1.29 is 4.79 Å². The van der Waals surface area contributed by atoms with E-state index >= 15 is 0 Å². The van der Waals surface area contributed by atoms with Crippen LogP contribution in [0.25, 0.3) is 11.0 Å². The van der Waals surface area contributed by atoms with Gasteiger partial charge in [-0.25, -0.2) is 4.98 Å². The van der Waals surface area contributed by atoms with E-state index in [0.29, 0.717) is 11.4 Å². The first-order valence-corrected chi connectivity index (χ1v) is 7.12. The molecule has 3 aromatic rings. The molecule has 0 aliphatic carbocycles. The summed E-state index contributed by atoms with van der Waals surface area (Å²) in [6.45, 7) is 0. The molecule has 0 radical (unpaired) electrons. The number of carbonyl (C=O) groups excluding carboxylic acids is 1. The van der Waals surface area contributed by atoms with Crippen LogP contribution in [0.4, 0.5) is 0 Å². The third-order valence-corrected chi connectivity index (χ3v) is 3.73. The third kappa shape index (κ3) is 2.58. The summed E-state index contributed by atoms with van der Waals surface area (Å²) >= 11 is 3.32. The van der Waals surface area contributed by atoms with Gasteiger partial charge in [0, 0.05) is 10.0 Å². The normalized spacial score (nSPS) is 12.0. The maximum Gasteiger partial charge on any atom is 0.187 e. The number of H-pyrrole nitrogens is 1. The summed E-state index contributed by atoms with van der Waals surface area (Å²) in [5.74, 6) is -0.811. The highest BCUT2D eigenvalue weighted by atomic mass is 79.9. The summed E-state index contributed by atoms with van der Waals surface area (Å²) in [6, 6.07) is 16.4. The number of rotatable bonds is 3. The Kier molecular flexibility index (Phi) is 3.55. The van der Waals surface area contributed by atoms with E-state index in [2.05, 4.69) is 25.9 Å². The monoisotopic (exact) mass is 339 g/mol. The first-order valence-electron chi connectivity index (χ1n) is 6.33. The van der Waals surface area contributed by atoms with E-state index in [0.717, 1.165) is 15.5 Å². The molecule has 5 heteroatoms. The van der Waals surface area contributed by atoms with E-state index in [4.69, 9.17) is 0 Å². The second-order valence-corrected chi connectivity index (χ2v) is 5.49. The predicted molar refractivity (Wildman–Crippen MR) is 82.9 cm³/mol. The van der Waals surface area contributed by atoms with Gasteiger partial charge in [-0.1, -0.05) is 40.2 Å². The number of carbonyl (C=O) groups is 1. The highest BCUT2D eigenvalue weighted by Gasteiger charge is 2.24. The van der Waals surface area contributed by atoms with Gasteiger partial charge < -0.3 is 4.98 Å². The van der Waals surface area contributed by atoms with Crippen molar-refractivity contribution in [1.82, 2.24) is 9.97 Å². The Morgan fingerprint density at radius 2 is 1.90 bits per heavy atom. The molecule has 1 unspecified atom stereocenters. The molecule has 0 bridgehead atoms. The lowest BCUT2D eigenvalue weighted by molar-refractivity contribution is 0.0976. The van der Waals surface area contributed by atoms with Crippen molar-refractivity contribution in [2.75, 3.05) is 0 Å². The first-order chi connectivity index (χ1) is 10.2. The van der Waals surface area contributed by atoms with Gasteiger partial charge in [-0.2, -0.15) is 5.26 Å². The molecule has 1 N–H and O–H groups in total. The Labute approximate surface area is 129 Å². The topological polar surface area (TPSA) is 69.5 Å². The van der Waals surface area contributed by atoms with Crippen LogP contribution in [0.2, 0.25) is 0 Å². The second-order valence-electron chi connectivity index (χ2n) is 4.57. The van der Waals surface area contributed by atoms with Crippen molar-refractivity contribution in [2.24, 2.45) is 0 Å². The summed E-state index contributed by atoms with van der Waals surface area (Å²) in [5.41, 5.74) is 2.05. The third-order valence-electron chi connectivity index (χ3n) is 3.20. The lowest BCUT2D eigenvalue weighted by atomic mass is 9.98. The molecule has 0 amide bonds. The molecule has 0 saturated carbocycles. The van der Waals surface area contributed by atoms with Crippen molar-refractivity contribution in [1.29, 1.82) is 5.26 Å². The van der Waals surface area contributed by atoms with Crippen LogP contribution in [0.1, 0.15) is 22.1 Å². The molecular formula is C16H10BrN3O. The minimum atomic E-state index is -0.932. The van der Waals surface area contributed by atoms with Crippen molar-refractivity contribution in [3.05, 3.63) is 64.4 Å². The average molecular weight is 340 g/mol. The molecule has 2 aromatic carbocycles. The molecule has 0 spiro atoms. The number of nitriles is 1. The van der Waals surface area contributed by atoms with E-state index in [1.54, 1.807) is 24.3 Å². The molecule has 21 heavy (non-hydrogen) atoms. The summed E-state index contributed by atoms with van der Waals surface area (Å²) < 4.78 is 0.885. The van der Waals surface area contributed by atoms with E-state index in [-0.39, 0.29) is 5.78 Å². The van der Waals surface area contributed by atoms with E-state index in [1.165, 1.54) is 0 Å². The highest BCUT2D eigenvalue weighted by Crippen LogP contribution is 2.22. The van der Waals surface area contributed by atoms with Crippen molar-refractivity contribution >= 4 is 32.7 Å². The van der Waals surface area contributed by atoms with Crippen LogP contribution >= 0.6 is 15.9 Å². The van der Waals surface area contributed by atoms with Gasteiger partial charge in [0.2, 0.25) is 0 Å². The Morgan fingerprint density at radius 3 is 2.57 bits per heavy atom. The van der Waals surface area contributed by atoms with E-state index in [1.807, 2.05) is 30.3 Å². The van der Waals surface area contributed by atoms with Gasteiger partial charge in [-0.3, -0.25) is 4.79 Å². The molecule has 1 aromatic heterocycles. The molecule has 0 saturated heterocycles. The zero-order valence-electron chi connectivity index (χ0n) is 10.9. The van der Waals surface area contributed by atoms with E-state index in [9.17, 15) is 10.1 Å². The average Bonchev–Trinajstić information content (AvgIpc) is 2.92. The van der Waals surface area contributed by atoms with Crippen LogP contribution in [-0.4, -0.2) is 15.8 Å². The lowest BCUT2D eigenvalue weighted by Crippen LogP contribution is -2.12. The molecule has 1 atom stereocenters. The fourth-order valence-corrected chi connectivity index (χ4v) is 2.40. The van der Waals surface area contributed by atoms with Crippen LogP contribution in [0.15, 0.2) is 53.0 Å². The number of hydrogen-bond acceptors (Lipinski definition) is 3. The van der Waals surface area contributed by atoms with Gasteiger partial charge in [0.05, 0.1) is 17.1 Å². The highest BCUT2D eigenvalue weighted by molar-refractivity contribution is 9.10. The summed E-state index contributed by atoms with van der Waals surface area (Å²) in [5, 5.41) is 9.35. The van der Waals surface area contributed by atoms with Crippen molar-refractivity contribution in [2.45, 2.75) is 5.92 Å². The molecule has 1 heterocycles. The van der Waals surface area contributed by atoms with Gasteiger partial charge in [0.25, 0.3) is 0 Å². The molecule has 0 aliphatic rings. The maximum absolute atomic E-state index is 12.5. The number of fused-ring (bicyclic) bond motifs is 1. The van der Waals surface area contributed by atoms with E-state index < -0.39 is 5.92 Å². The Bertz CT molecular complexity index is 813. The van der Waals surface area contributed by atoms with Crippen LogP contribution in [0.5, 0.6) is 0 Å². The smallest absolute Gasteiger partial charge is 0.187 e. The summed E-state index contributed by atoms with van der Waals surface area (Å²) in [4.78, 5) is 19.9. The van der Waals surface area contributed by atoms with Gasteiger partial charge >= 0.3 is 0 Å². The largest absolute Gasteiger partial charge is 0.340 e. The maximum atomic E-state index is 12.5. The molecule has 3 rings (SSSR count). The number of imidazole rings is 1. The van der Waals surface area contributed by atoms with Gasteiger partial charge in [-0.15, -0.1) is 0 Å². The van der Waals surface area contributed by atoms with Gasteiger partial charge in [-0.05, 0) is 24.3 Å². The number of para-hydroxylation sites is 2. The second kappa shape index (κ2) is 5.51. The number of halogens is 1. The number of benzene rings is 2. The number of ketones is 1. The summed E-state index contributed by atoms with van der Waals surface area (Å²) in [7, 11) is 0. The van der Waals surface area contributed by atoms with Gasteiger partial charge in [0.15, 0.2) is 11.7 Å². The summed E-state index contributed by atoms with van der Waals surface area (Å²) in [6.07, 6.45) is 0. The predicted octanol–water partition coefficient (Wildman–Crippen LogP) is 3.82. The Hall–Kier alpha value is -2.45. The van der Waals surface area contributed by atoms with Crippen molar-refractivity contribution in [3.63, 3.8) is 0 Å². The molecule has 0 aliphatic heterocycles. The fourth-order valence-electron chi connectivity index (χ4n) is 2.13. The van der Waals surface area contributed by atoms with Crippen molar-refractivity contribution in [3.8, 4) is 6.07 Å². The zero-order chi connectivity index (χ0) is 14.8. The van der Waals surface area contributed by atoms with Crippen LogP contribution in [0, 0.1) is 11.3 Å². The molecule has 102 valence electrons. The van der Waals surface area contributed by atoms with Crippen LogP contribution in [0.3, 0.4) is 0 Å². The number of hydrogen-bond donors (Lipinski definition) is 1. The quantitative estimate of drug-likeness (QED) is 0.737. The fraction of sp³-hybridized carbons (Fsp3) is 0.0625. The van der Waals surface area contributed by atoms with Crippen LogP contribution < -0.4 is 0 Å². The molecule has 0 fully saturated rings. The minimum Gasteiger partial charge on any atom is -0.340 e. The number of nitrogens with one attached hydrogen (secondary N) is 1. The van der Waals surface area contributed by atoms with Gasteiger partial charge in [0.1, 0.15) is 5.82 Å². The van der Waals surface area contributed by atoms with Crippen LogP contribution in [-0.2, 0) is 0 Å². The SMILES string of the molecule is N#CC(C(=O)c1ccc(Br)cc1)c1nc2ccccc2[nH]1. The Morgan fingerprint density at radius 1 is 1.19 bits per heavy atom. The number of aromatic amines is 1. The first kappa shape index (κ1) is 13.5. The Balaban J connectivity index is 1.99. The standard InChI is InChI=1S/C16H10BrN3O/c17-11-7-5-10(6-8-11)15(21)12(9-18)16-19-13-3-1-2-4-14(13)20-16/h1-8,12H,(H,19,20).